The monoisotopic (exact) mass is 366 g/mol. The Morgan fingerprint density at radius 1 is 1.14 bits per heavy atom. The number of halogens is 1. The number of nitrogens with zero attached hydrogens (tertiary/aromatic N) is 1. The fraction of sp³-hybridized carbons (Fsp3) is 0.133. The minimum absolute atomic E-state index is 0.295. The van der Waals surface area contributed by atoms with Gasteiger partial charge in [-0.25, -0.2) is 18.1 Å². The molecule has 2 aromatic rings. The Morgan fingerprint density at radius 2 is 1.86 bits per heavy atom. The molecule has 0 radical (unpaired) electrons. The quantitative estimate of drug-likeness (QED) is 0.823. The fourth-order valence-corrected chi connectivity index (χ4v) is 3.15. The van der Waals surface area contributed by atoms with Crippen LogP contribution in [0.4, 0.5) is 0 Å². The molecule has 4 nitrogen and oxygen atoms in total. The number of pyridine rings is 1. The highest BCUT2D eigenvalue weighted by Crippen LogP contribution is 2.13. The molecule has 0 amide bonds. The number of benzene rings is 1. The first-order chi connectivity index (χ1) is 9.96. The molecular weight excluding hydrogens is 352 g/mol. The Morgan fingerprint density at radius 3 is 2.52 bits per heavy atom. The Bertz CT molecular complexity index is 730. The van der Waals surface area contributed by atoms with Crippen molar-refractivity contribution >= 4 is 32.0 Å². The van der Waals surface area contributed by atoms with E-state index in [0.717, 1.165) is 11.0 Å². The molecule has 1 aromatic heterocycles. The smallest absolute Gasteiger partial charge is 0.234 e. The molecule has 1 aromatic carbocycles. The third-order valence-corrected chi connectivity index (χ3v) is 4.41. The van der Waals surface area contributed by atoms with E-state index in [1.54, 1.807) is 25.1 Å². The summed E-state index contributed by atoms with van der Waals surface area (Å²) in [6.45, 7) is 1.80. The lowest BCUT2D eigenvalue weighted by molar-refractivity contribution is 0.576. The van der Waals surface area contributed by atoms with Crippen molar-refractivity contribution in [2.75, 3.05) is 0 Å². The summed E-state index contributed by atoms with van der Waals surface area (Å²) in [4.78, 5) is 4.15. The zero-order chi connectivity index (χ0) is 15.3. The van der Waals surface area contributed by atoms with Crippen LogP contribution < -0.4 is 4.72 Å². The molecule has 2 rings (SSSR count). The fourth-order valence-electron chi connectivity index (χ4n) is 1.77. The van der Waals surface area contributed by atoms with E-state index >= 15 is 0 Å². The van der Waals surface area contributed by atoms with E-state index < -0.39 is 10.0 Å². The molecule has 0 aliphatic carbocycles. The predicted molar refractivity (Wildman–Crippen MR) is 87.9 cm³/mol. The van der Waals surface area contributed by atoms with Crippen molar-refractivity contribution in [3.05, 3.63) is 69.8 Å². The minimum atomic E-state index is -3.53. The van der Waals surface area contributed by atoms with E-state index in [0.29, 0.717) is 10.3 Å². The molecular formula is C15H15BrN2O2S. The Kier molecular flexibility index (Phi) is 5.27. The van der Waals surface area contributed by atoms with E-state index in [9.17, 15) is 8.42 Å². The first kappa shape index (κ1) is 15.9. The number of rotatable bonds is 5. The van der Waals surface area contributed by atoms with Crippen molar-refractivity contribution in [1.82, 2.24) is 9.71 Å². The van der Waals surface area contributed by atoms with Gasteiger partial charge in [0.2, 0.25) is 10.0 Å². The summed E-state index contributed by atoms with van der Waals surface area (Å²) in [5, 5.41) is 1.13. The molecule has 110 valence electrons. The average Bonchev–Trinajstić information content (AvgIpc) is 2.46. The van der Waals surface area contributed by atoms with Gasteiger partial charge in [-0.1, -0.05) is 36.4 Å². The number of hydrogen-bond acceptors (Lipinski definition) is 3. The molecule has 1 heterocycles. The minimum Gasteiger partial charge on any atom is -0.242 e. The van der Waals surface area contributed by atoms with Crippen molar-refractivity contribution < 1.29 is 8.42 Å². The summed E-state index contributed by atoms with van der Waals surface area (Å²) in [6, 6.07) is 14.4. The van der Waals surface area contributed by atoms with Gasteiger partial charge in [0.15, 0.2) is 0 Å². The highest BCUT2D eigenvalue weighted by atomic mass is 79.9. The highest BCUT2D eigenvalue weighted by molar-refractivity contribution is 9.10. The van der Waals surface area contributed by atoms with Gasteiger partial charge in [0.05, 0.1) is 5.69 Å². The first-order valence-corrected chi connectivity index (χ1v) is 8.68. The summed E-state index contributed by atoms with van der Waals surface area (Å²) in [5.74, 6) is 0. The van der Waals surface area contributed by atoms with Crippen molar-refractivity contribution in [3.63, 3.8) is 0 Å². The maximum atomic E-state index is 12.0. The van der Waals surface area contributed by atoms with Gasteiger partial charge in [-0.05, 0) is 46.6 Å². The Balaban J connectivity index is 2.09. The molecule has 0 saturated heterocycles. The van der Waals surface area contributed by atoms with Crippen LogP contribution in [-0.4, -0.2) is 13.4 Å². The van der Waals surface area contributed by atoms with Crippen LogP contribution in [0.2, 0.25) is 0 Å². The number of sulfonamides is 1. The molecule has 0 aliphatic heterocycles. The summed E-state index contributed by atoms with van der Waals surface area (Å²) >= 11 is 3.24. The van der Waals surface area contributed by atoms with Crippen LogP contribution in [0.15, 0.2) is 58.5 Å². The van der Waals surface area contributed by atoms with Gasteiger partial charge in [-0.15, -0.1) is 0 Å². The average molecular weight is 367 g/mol. The molecule has 1 atom stereocenters. The summed E-state index contributed by atoms with van der Waals surface area (Å²) in [6.07, 6.45) is 1.46. The first-order valence-electron chi connectivity index (χ1n) is 6.34. The van der Waals surface area contributed by atoms with E-state index in [2.05, 4.69) is 25.6 Å². The van der Waals surface area contributed by atoms with Crippen molar-refractivity contribution in [2.24, 2.45) is 0 Å². The molecule has 0 fully saturated rings. The van der Waals surface area contributed by atoms with Crippen molar-refractivity contribution in [1.29, 1.82) is 0 Å². The van der Waals surface area contributed by atoms with Crippen LogP contribution in [0.25, 0.3) is 6.08 Å². The van der Waals surface area contributed by atoms with Gasteiger partial charge in [0.25, 0.3) is 0 Å². The standard InChI is InChI=1S/C15H15BrN2O2S/c1-12(13-6-3-2-4-7-13)18-21(19,20)11-10-14-8-5-9-15(16)17-14/h2-12,18H,1H3/b11-10+/t12-/m0/s1. The van der Waals surface area contributed by atoms with Gasteiger partial charge in [0, 0.05) is 11.4 Å². The Labute approximate surface area is 133 Å². The van der Waals surface area contributed by atoms with Crippen molar-refractivity contribution in [3.8, 4) is 0 Å². The van der Waals surface area contributed by atoms with Crippen LogP contribution in [0, 0.1) is 0 Å². The van der Waals surface area contributed by atoms with Crippen LogP contribution in [0.3, 0.4) is 0 Å². The van der Waals surface area contributed by atoms with Gasteiger partial charge >= 0.3 is 0 Å². The molecule has 21 heavy (non-hydrogen) atoms. The second-order valence-corrected chi connectivity index (χ2v) is 6.89. The second-order valence-electron chi connectivity index (χ2n) is 4.48. The molecule has 0 bridgehead atoms. The molecule has 0 aliphatic rings. The van der Waals surface area contributed by atoms with Gasteiger partial charge < -0.3 is 0 Å². The number of nitrogens with one attached hydrogen (secondary N) is 1. The zero-order valence-electron chi connectivity index (χ0n) is 11.4. The topological polar surface area (TPSA) is 59.1 Å². The SMILES string of the molecule is C[C@H](NS(=O)(=O)/C=C/c1cccc(Br)n1)c1ccccc1. The van der Waals surface area contributed by atoms with Crippen molar-refractivity contribution in [2.45, 2.75) is 13.0 Å². The van der Waals surface area contributed by atoms with Gasteiger partial charge in [0.1, 0.15) is 4.60 Å². The van der Waals surface area contributed by atoms with Gasteiger partial charge in [-0.3, -0.25) is 0 Å². The van der Waals surface area contributed by atoms with Gasteiger partial charge in [-0.2, -0.15) is 0 Å². The third kappa shape index (κ3) is 5.08. The Hall–Kier alpha value is -1.50. The normalized spacial score (nSPS) is 13.4. The van der Waals surface area contributed by atoms with E-state index in [1.807, 2.05) is 30.3 Å². The second kappa shape index (κ2) is 6.98. The third-order valence-electron chi connectivity index (χ3n) is 2.80. The molecule has 6 heteroatoms. The highest BCUT2D eigenvalue weighted by Gasteiger charge is 2.12. The largest absolute Gasteiger partial charge is 0.242 e. The molecule has 0 spiro atoms. The molecule has 1 N–H and O–H groups in total. The van der Waals surface area contributed by atoms with E-state index in [-0.39, 0.29) is 6.04 Å². The molecule has 0 unspecified atom stereocenters. The summed E-state index contributed by atoms with van der Waals surface area (Å²) in [7, 11) is -3.53. The maximum absolute atomic E-state index is 12.0. The van der Waals surface area contributed by atoms with E-state index in [4.69, 9.17) is 0 Å². The lowest BCUT2D eigenvalue weighted by Gasteiger charge is -2.12. The van der Waals surface area contributed by atoms with Crippen LogP contribution >= 0.6 is 15.9 Å². The predicted octanol–water partition coefficient (Wildman–Crippen LogP) is 3.50. The maximum Gasteiger partial charge on any atom is 0.234 e. The van der Waals surface area contributed by atoms with Crippen LogP contribution in [0.5, 0.6) is 0 Å². The summed E-state index contributed by atoms with van der Waals surface area (Å²) in [5.41, 5.74) is 1.48. The zero-order valence-corrected chi connectivity index (χ0v) is 13.8. The molecule has 0 saturated carbocycles. The van der Waals surface area contributed by atoms with Crippen LogP contribution in [-0.2, 0) is 10.0 Å². The van der Waals surface area contributed by atoms with E-state index in [1.165, 1.54) is 6.08 Å². The number of aromatic nitrogens is 1. The van der Waals surface area contributed by atoms with Crippen LogP contribution in [0.1, 0.15) is 24.2 Å². The number of hydrogen-bond donors (Lipinski definition) is 1. The lowest BCUT2D eigenvalue weighted by Crippen LogP contribution is -2.24. The summed E-state index contributed by atoms with van der Waals surface area (Å²) < 4.78 is 27.3. The lowest BCUT2D eigenvalue weighted by atomic mass is 10.1.